The number of hydrogen-bond donors (Lipinski definition) is 2. The summed E-state index contributed by atoms with van der Waals surface area (Å²) in [6, 6.07) is 7.15. The van der Waals surface area contributed by atoms with Gasteiger partial charge in [0.2, 0.25) is 5.91 Å². The lowest BCUT2D eigenvalue weighted by Gasteiger charge is -2.32. The maximum Gasteiger partial charge on any atom is 0.248 e. The van der Waals surface area contributed by atoms with E-state index in [-0.39, 0.29) is 17.9 Å². The molecule has 30 heavy (non-hydrogen) atoms. The molecule has 0 atom stereocenters. The van der Waals surface area contributed by atoms with Crippen LogP contribution in [0.15, 0.2) is 83.0 Å². The molecule has 0 saturated heterocycles. The van der Waals surface area contributed by atoms with Crippen LogP contribution in [0, 0.1) is 5.41 Å². The van der Waals surface area contributed by atoms with Crippen LogP contribution in [0.2, 0.25) is 0 Å². The minimum absolute atomic E-state index is 0.00484. The van der Waals surface area contributed by atoms with Crippen LogP contribution in [0.5, 0.6) is 0 Å². The van der Waals surface area contributed by atoms with Crippen LogP contribution >= 0.6 is 0 Å². The average molecular weight is 406 g/mol. The molecule has 0 saturated carbocycles. The van der Waals surface area contributed by atoms with Gasteiger partial charge in [-0.15, -0.1) is 0 Å². The average Bonchev–Trinajstić information content (AvgIpc) is 2.67. The van der Waals surface area contributed by atoms with Gasteiger partial charge in [0, 0.05) is 11.8 Å². The molecule has 1 aromatic carbocycles. The van der Waals surface area contributed by atoms with Crippen molar-refractivity contribution in [2.24, 2.45) is 5.41 Å². The lowest BCUT2D eigenvalue weighted by atomic mass is 9.72. The number of aliphatic hydroxyl groups is 1. The Hall–Kier alpha value is -2.65. The molecule has 0 heterocycles. The molecule has 0 fully saturated rings. The SMILES string of the molecule is CC(C=CC1=C(C)CCCC1(C)C)=CC=CC(C)=CC(=O)Nc1ccc(CO)cc1. The third-order valence-electron chi connectivity index (χ3n) is 5.54. The molecule has 1 aromatic rings. The number of nitrogens with one attached hydrogen (secondary N) is 1. The third kappa shape index (κ3) is 7.31. The summed E-state index contributed by atoms with van der Waals surface area (Å²) in [7, 11) is 0. The van der Waals surface area contributed by atoms with Crippen molar-refractivity contribution in [1.29, 1.82) is 0 Å². The number of benzene rings is 1. The smallest absolute Gasteiger partial charge is 0.248 e. The van der Waals surface area contributed by atoms with Crippen LogP contribution in [0.1, 0.15) is 59.4 Å². The Morgan fingerprint density at radius 3 is 2.47 bits per heavy atom. The Morgan fingerprint density at radius 2 is 1.83 bits per heavy atom. The van der Waals surface area contributed by atoms with Gasteiger partial charge >= 0.3 is 0 Å². The van der Waals surface area contributed by atoms with E-state index in [2.05, 4.69) is 51.2 Å². The van der Waals surface area contributed by atoms with E-state index in [1.807, 2.05) is 19.1 Å². The first kappa shape index (κ1) is 23.6. The highest BCUT2D eigenvalue weighted by Gasteiger charge is 2.26. The van der Waals surface area contributed by atoms with Crippen molar-refractivity contribution in [2.45, 2.75) is 60.5 Å². The minimum Gasteiger partial charge on any atom is -0.392 e. The highest BCUT2D eigenvalue weighted by atomic mass is 16.3. The lowest BCUT2D eigenvalue weighted by molar-refractivity contribution is -0.111. The van der Waals surface area contributed by atoms with E-state index < -0.39 is 0 Å². The Balaban J connectivity index is 1.95. The number of aliphatic hydroxyl groups excluding tert-OH is 1. The van der Waals surface area contributed by atoms with Crippen molar-refractivity contribution >= 4 is 11.6 Å². The van der Waals surface area contributed by atoms with Crippen molar-refractivity contribution in [3.63, 3.8) is 0 Å². The van der Waals surface area contributed by atoms with E-state index in [4.69, 9.17) is 5.11 Å². The molecule has 0 radical (unpaired) electrons. The predicted molar refractivity (Wildman–Crippen MR) is 127 cm³/mol. The van der Waals surface area contributed by atoms with Gasteiger partial charge in [-0.2, -0.15) is 0 Å². The number of hydrogen-bond acceptors (Lipinski definition) is 2. The first-order valence-electron chi connectivity index (χ1n) is 10.6. The fraction of sp³-hybridized carbons (Fsp3) is 0.370. The van der Waals surface area contributed by atoms with E-state index >= 15 is 0 Å². The normalized spacial score (nSPS) is 17.8. The predicted octanol–water partition coefficient (Wildman–Crippen LogP) is 6.65. The summed E-state index contributed by atoms with van der Waals surface area (Å²) in [5.41, 5.74) is 6.79. The van der Waals surface area contributed by atoms with Crippen molar-refractivity contribution in [2.75, 3.05) is 5.32 Å². The van der Waals surface area contributed by atoms with Gasteiger partial charge in [0.15, 0.2) is 0 Å². The van der Waals surface area contributed by atoms with Gasteiger partial charge in [-0.3, -0.25) is 4.79 Å². The monoisotopic (exact) mass is 405 g/mol. The Bertz CT molecular complexity index is 893. The largest absolute Gasteiger partial charge is 0.392 e. The number of amides is 1. The molecule has 1 aliphatic rings. The molecular formula is C27H35NO2. The molecular weight excluding hydrogens is 370 g/mol. The Kier molecular flexibility index (Phi) is 8.61. The molecule has 1 amide bonds. The van der Waals surface area contributed by atoms with Crippen molar-refractivity contribution in [3.8, 4) is 0 Å². The Morgan fingerprint density at radius 1 is 1.13 bits per heavy atom. The van der Waals surface area contributed by atoms with Crippen LogP contribution in [0.3, 0.4) is 0 Å². The molecule has 0 bridgehead atoms. The molecule has 0 aliphatic heterocycles. The summed E-state index contributed by atoms with van der Waals surface area (Å²) >= 11 is 0. The highest BCUT2D eigenvalue weighted by Crippen LogP contribution is 2.40. The zero-order valence-corrected chi connectivity index (χ0v) is 19.0. The maximum absolute atomic E-state index is 12.1. The lowest BCUT2D eigenvalue weighted by Crippen LogP contribution is -2.19. The summed E-state index contributed by atoms with van der Waals surface area (Å²) in [6.07, 6.45) is 15.7. The molecule has 0 aromatic heterocycles. The fourth-order valence-electron chi connectivity index (χ4n) is 3.76. The summed E-state index contributed by atoms with van der Waals surface area (Å²) in [4.78, 5) is 12.1. The van der Waals surface area contributed by atoms with Gasteiger partial charge in [0.05, 0.1) is 6.61 Å². The standard InChI is InChI=1S/C27H35NO2/c1-20(11-16-25-22(3)10-7-17-27(25,4)5)8-6-9-21(2)18-26(30)28-24-14-12-23(19-29)13-15-24/h6,8-9,11-16,18,29H,7,10,17,19H2,1-5H3,(H,28,30). The van der Waals surface area contributed by atoms with Crippen LogP contribution in [-0.4, -0.2) is 11.0 Å². The number of carbonyl (C=O) groups excluding carboxylic acids is 1. The molecule has 2 N–H and O–H groups in total. The van der Waals surface area contributed by atoms with Crippen molar-refractivity contribution in [1.82, 2.24) is 0 Å². The van der Waals surface area contributed by atoms with E-state index in [0.29, 0.717) is 5.69 Å². The van der Waals surface area contributed by atoms with Gasteiger partial charge in [-0.05, 0) is 74.3 Å². The van der Waals surface area contributed by atoms with Crippen LogP contribution < -0.4 is 5.32 Å². The second kappa shape index (κ2) is 10.9. The fourth-order valence-corrected chi connectivity index (χ4v) is 3.76. The maximum atomic E-state index is 12.1. The number of rotatable bonds is 7. The van der Waals surface area contributed by atoms with E-state index in [9.17, 15) is 4.79 Å². The Labute approximate surface area is 181 Å². The van der Waals surface area contributed by atoms with Crippen LogP contribution in [0.4, 0.5) is 5.69 Å². The molecule has 3 nitrogen and oxygen atoms in total. The molecule has 0 unspecified atom stereocenters. The van der Waals surface area contributed by atoms with Gasteiger partial charge in [-0.1, -0.05) is 67.5 Å². The molecule has 1 aliphatic carbocycles. The van der Waals surface area contributed by atoms with Crippen LogP contribution in [-0.2, 0) is 11.4 Å². The third-order valence-corrected chi connectivity index (χ3v) is 5.54. The summed E-state index contributed by atoms with van der Waals surface area (Å²) < 4.78 is 0. The summed E-state index contributed by atoms with van der Waals surface area (Å²) in [6.45, 7) is 10.9. The van der Waals surface area contributed by atoms with E-state index in [1.54, 1.807) is 30.3 Å². The molecule has 0 spiro atoms. The second-order valence-corrected chi connectivity index (χ2v) is 8.77. The van der Waals surface area contributed by atoms with Gasteiger partial charge in [0.25, 0.3) is 0 Å². The van der Waals surface area contributed by atoms with Gasteiger partial charge in [0.1, 0.15) is 0 Å². The first-order chi connectivity index (χ1) is 14.2. The zero-order chi connectivity index (χ0) is 22.1. The molecule has 3 heteroatoms. The van der Waals surface area contributed by atoms with Gasteiger partial charge < -0.3 is 10.4 Å². The topological polar surface area (TPSA) is 49.3 Å². The molecule has 2 rings (SSSR count). The number of anilines is 1. The number of allylic oxidation sites excluding steroid dienone is 9. The summed E-state index contributed by atoms with van der Waals surface area (Å²) in [5, 5.41) is 11.9. The first-order valence-corrected chi connectivity index (χ1v) is 10.6. The quantitative estimate of drug-likeness (QED) is 0.394. The zero-order valence-electron chi connectivity index (χ0n) is 19.0. The number of carbonyl (C=O) groups is 1. The van der Waals surface area contributed by atoms with Gasteiger partial charge in [-0.25, -0.2) is 0 Å². The minimum atomic E-state index is -0.170. The van der Waals surface area contributed by atoms with E-state index in [1.165, 1.54) is 36.0 Å². The van der Waals surface area contributed by atoms with E-state index in [0.717, 1.165) is 11.1 Å². The molecule has 160 valence electrons. The highest BCUT2D eigenvalue weighted by molar-refractivity contribution is 5.99. The van der Waals surface area contributed by atoms with Crippen LogP contribution in [0.25, 0.3) is 0 Å². The van der Waals surface area contributed by atoms with Crippen molar-refractivity contribution < 1.29 is 9.90 Å². The summed E-state index contributed by atoms with van der Waals surface area (Å²) in [5.74, 6) is -0.170. The van der Waals surface area contributed by atoms with Crippen molar-refractivity contribution in [3.05, 3.63) is 88.6 Å². The second-order valence-electron chi connectivity index (χ2n) is 8.77.